The van der Waals surface area contributed by atoms with Gasteiger partial charge < -0.3 is 19.5 Å². The molecule has 7 heteroatoms. The van der Waals surface area contributed by atoms with Gasteiger partial charge in [-0.1, -0.05) is 6.92 Å². The lowest BCUT2D eigenvalue weighted by Gasteiger charge is -2.21. The van der Waals surface area contributed by atoms with Crippen molar-refractivity contribution in [3.05, 3.63) is 30.2 Å². The van der Waals surface area contributed by atoms with Crippen LogP contribution in [0.4, 0.5) is 10.5 Å². The Morgan fingerprint density at radius 1 is 1.17 bits per heavy atom. The Morgan fingerprint density at radius 3 is 2.67 bits per heavy atom. The van der Waals surface area contributed by atoms with Crippen LogP contribution in [-0.2, 0) is 6.42 Å². The van der Waals surface area contributed by atoms with Gasteiger partial charge in [-0.2, -0.15) is 0 Å². The number of likely N-dealkylation sites (N-methyl/N-ethyl adjacent to an activating group) is 1. The van der Waals surface area contributed by atoms with E-state index in [-0.39, 0.29) is 6.03 Å². The van der Waals surface area contributed by atoms with Gasteiger partial charge in [0.2, 0.25) is 11.8 Å². The van der Waals surface area contributed by atoms with Gasteiger partial charge in [0.15, 0.2) is 0 Å². The summed E-state index contributed by atoms with van der Waals surface area (Å²) in [6.07, 6.45) is 1.71. The second kappa shape index (κ2) is 7.44. The maximum absolute atomic E-state index is 12.4. The smallest absolute Gasteiger partial charge is 0.321 e. The highest BCUT2D eigenvalue weighted by Gasteiger charge is 2.17. The van der Waals surface area contributed by atoms with Crippen LogP contribution in [0.5, 0.6) is 0 Å². The molecule has 1 aromatic carbocycles. The highest BCUT2D eigenvalue weighted by molar-refractivity contribution is 5.89. The molecule has 1 aliphatic heterocycles. The molecule has 1 fully saturated rings. The molecule has 1 saturated heterocycles. The van der Waals surface area contributed by atoms with Crippen LogP contribution in [0.15, 0.2) is 28.7 Å². The molecule has 1 aliphatic rings. The molecule has 2 aromatic rings. The first-order valence-electron chi connectivity index (χ1n) is 8.33. The molecule has 7 nitrogen and oxygen atoms in total. The zero-order valence-corrected chi connectivity index (χ0v) is 14.2. The van der Waals surface area contributed by atoms with Crippen LogP contribution >= 0.6 is 0 Å². The maximum Gasteiger partial charge on any atom is 0.321 e. The van der Waals surface area contributed by atoms with Gasteiger partial charge in [-0.25, -0.2) is 4.79 Å². The summed E-state index contributed by atoms with van der Waals surface area (Å²) in [5, 5.41) is 10.9. The maximum atomic E-state index is 12.4. The monoisotopic (exact) mass is 329 g/mol. The highest BCUT2D eigenvalue weighted by Crippen LogP contribution is 2.20. The van der Waals surface area contributed by atoms with Crippen molar-refractivity contribution >= 4 is 11.7 Å². The van der Waals surface area contributed by atoms with E-state index in [4.69, 9.17) is 4.42 Å². The number of rotatable bonds is 3. The number of carbonyl (C=O) groups excluding carboxylic acids is 1. The van der Waals surface area contributed by atoms with Gasteiger partial charge in [-0.05, 0) is 44.3 Å². The third kappa shape index (κ3) is 3.91. The minimum atomic E-state index is -0.0518. The van der Waals surface area contributed by atoms with E-state index in [0.29, 0.717) is 18.2 Å². The number of benzene rings is 1. The Kier molecular flexibility index (Phi) is 5.10. The first-order chi connectivity index (χ1) is 11.7. The zero-order valence-electron chi connectivity index (χ0n) is 14.2. The van der Waals surface area contributed by atoms with Crippen LogP contribution in [0.3, 0.4) is 0 Å². The van der Waals surface area contributed by atoms with Gasteiger partial charge >= 0.3 is 6.03 Å². The number of carbonyl (C=O) groups is 1. The molecule has 2 amide bonds. The number of aryl methyl sites for hydroxylation is 1. The number of aromatic nitrogens is 2. The molecule has 128 valence electrons. The van der Waals surface area contributed by atoms with E-state index >= 15 is 0 Å². The van der Waals surface area contributed by atoms with Gasteiger partial charge in [0.05, 0.1) is 0 Å². The fourth-order valence-electron chi connectivity index (χ4n) is 2.66. The predicted octanol–water partition coefficient (Wildman–Crippen LogP) is 2.47. The zero-order chi connectivity index (χ0) is 16.9. The summed E-state index contributed by atoms with van der Waals surface area (Å²) in [5.74, 6) is 1.12. The van der Waals surface area contributed by atoms with Crippen LogP contribution < -0.4 is 5.32 Å². The topological polar surface area (TPSA) is 74.5 Å². The average molecular weight is 329 g/mol. The molecule has 0 spiro atoms. The fourth-order valence-corrected chi connectivity index (χ4v) is 2.66. The Balaban J connectivity index is 1.62. The second-order valence-electron chi connectivity index (χ2n) is 6.01. The van der Waals surface area contributed by atoms with Crippen molar-refractivity contribution < 1.29 is 9.21 Å². The lowest BCUT2D eigenvalue weighted by Crippen LogP contribution is -2.37. The minimum absolute atomic E-state index is 0.0518. The first kappa shape index (κ1) is 16.4. The number of hydrogen-bond donors (Lipinski definition) is 1. The molecule has 0 unspecified atom stereocenters. The van der Waals surface area contributed by atoms with Crippen LogP contribution in [0, 0.1) is 0 Å². The summed E-state index contributed by atoms with van der Waals surface area (Å²) in [5.41, 5.74) is 1.60. The van der Waals surface area contributed by atoms with Crippen LogP contribution in [0.2, 0.25) is 0 Å². The Bertz CT molecular complexity index is 683. The third-order valence-corrected chi connectivity index (χ3v) is 4.16. The van der Waals surface area contributed by atoms with Crippen LogP contribution in [0.25, 0.3) is 11.5 Å². The van der Waals surface area contributed by atoms with Gasteiger partial charge in [0.1, 0.15) is 0 Å². The molecule has 0 bridgehead atoms. The molecule has 1 N–H and O–H groups in total. The van der Waals surface area contributed by atoms with Crippen molar-refractivity contribution in [2.24, 2.45) is 0 Å². The average Bonchev–Trinajstić information content (AvgIpc) is 2.97. The molecule has 0 radical (unpaired) electrons. The van der Waals surface area contributed by atoms with Crippen LogP contribution in [0.1, 0.15) is 19.2 Å². The van der Waals surface area contributed by atoms with E-state index in [1.807, 2.05) is 36.1 Å². The molecule has 0 atom stereocenters. The first-order valence-corrected chi connectivity index (χ1v) is 8.33. The van der Waals surface area contributed by atoms with Crippen molar-refractivity contribution in [1.29, 1.82) is 0 Å². The summed E-state index contributed by atoms with van der Waals surface area (Å²) in [4.78, 5) is 16.5. The van der Waals surface area contributed by atoms with E-state index < -0.39 is 0 Å². The van der Waals surface area contributed by atoms with Gasteiger partial charge in [-0.3, -0.25) is 0 Å². The highest BCUT2D eigenvalue weighted by atomic mass is 16.4. The largest absolute Gasteiger partial charge is 0.421 e. The molecule has 1 aromatic heterocycles. The molecule has 0 saturated carbocycles. The van der Waals surface area contributed by atoms with Crippen LogP contribution in [-0.4, -0.2) is 59.3 Å². The number of nitrogens with one attached hydrogen (secondary N) is 1. The number of hydrogen-bond acceptors (Lipinski definition) is 5. The Morgan fingerprint density at radius 2 is 1.96 bits per heavy atom. The third-order valence-electron chi connectivity index (χ3n) is 4.16. The van der Waals surface area contributed by atoms with Gasteiger partial charge in [-0.15, -0.1) is 10.2 Å². The lowest BCUT2D eigenvalue weighted by atomic mass is 10.2. The second-order valence-corrected chi connectivity index (χ2v) is 6.01. The van der Waals surface area contributed by atoms with Crippen molar-refractivity contribution in [2.75, 3.05) is 38.5 Å². The fraction of sp³-hybridized carbons (Fsp3) is 0.471. The van der Waals surface area contributed by atoms with E-state index in [2.05, 4.69) is 27.5 Å². The molecule has 3 rings (SSSR count). The quantitative estimate of drug-likeness (QED) is 0.936. The number of anilines is 1. The minimum Gasteiger partial charge on any atom is -0.421 e. The van der Waals surface area contributed by atoms with E-state index in [0.717, 1.165) is 43.9 Å². The summed E-state index contributed by atoms with van der Waals surface area (Å²) >= 11 is 0. The number of urea groups is 1. The number of nitrogens with zero attached hydrogens (tertiary/aromatic N) is 4. The Labute approximate surface area is 141 Å². The summed E-state index contributed by atoms with van der Waals surface area (Å²) in [6, 6.07) is 7.40. The summed E-state index contributed by atoms with van der Waals surface area (Å²) < 4.78 is 5.54. The molecular weight excluding hydrogens is 306 g/mol. The van der Waals surface area contributed by atoms with E-state index in [1.165, 1.54) is 0 Å². The van der Waals surface area contributed by atoms with Crippen molar-refractivity contribution in [3.8, 4) is 11.5 Å². The molecule has 24 heavy (non-hydrogen) atoms. The number of amides is 2. The SMILES string of the molecule is CCc1nnc(-c2ccc(NC(=O)N3CCCN(C)CC3)cc2)o1. The molecular formula is C17H23N5O2. The molecule has 0 aliphatic carbocycles. The van der Waals surface area contributed by atoms with Crippen molar-refractivity contribution in [3.63, 3.8) is 0 Å². The van der Waals surface area contributed by atoms with Crippen molar-refractivity contribution in [1.82, 2.24) is 20.0 Å². The standard InChI is InChI=1S/C17H23N5O2/c1-3-15-19-20-16(24-15)13-5-7-14(8-6-13)18-17(23)22-10-4-9-21(2)11-12-22/h5-8H,3-4,9-12H2,1-2H3,(H,18,23). The van der Waals surface area contributed by atoms with Crippen molar-refractivity contribution in [2.45, 2.75) is 19.8 Å². The van der Waals surface area contributed by atoms with Gasteiger partial charge in [0, 0.05) is 37.3 Å². The summed E-state index contributed by atoms with van der Waals surface area (Å²) in [6.45, 7) is 5.44. The van der Waals surface area contributed by atoms with E-state index in [9.17, 15) is 4.79 Å². The van der Waals surface area contributed by atoms with Gasteiger partial charge in [0.25, 0.3) is 0 Å². The summed E-state index contributed by atoms with van der Waals surface area (Å²) in [7, 11) is 2.08. The normalized spacial score (nSPS) is 16.0. The predicted molar refractivity (Wildman–Crippen MR) is 91.8 cm³/mol. The lowest BCUT2D eigenvalue weighted by molar-refractivity contribution is 0.213. The van der Waals surface area contributed by atoms with E-state index in [1.54, 1.807) is 0 Å². The molecule has 2 heterocycles. The Hall–Kier alpha value is -2.41.